The second kappa shape index (κ2) is 5.53. The van der Waals surface area contributed by atoms with Gasteiger partial charge in [0.25, 0.3) is 0 Å². The molecule has 2 rings (SSSR count). The van der Waals surface area contributed by atoms with Gasteiger partial charge in [0.2, 0.25) is 0 Å². The predicted molar refractivity (Wildman–Crippen MR) is 78.6 cm³/mol. The SMILES string of the molecule is O=C(O)c1ccc(Nc2ccc(Cl)cc2I)cn1. The molecule has 1 heterocycles. The molecule has 0 saturated carbocycles. The number of carboxylic acid groups (broad SMARTS) is 1. The van der Waals surface area contributed by atoms with Crippen LogP contribution >= 0.6 is 34.2 Å². The quantitative estimate of drug-likeness (QED) is 0.803. The van der Waals surface area contributed by atoms with E-state index < -0.39 is 5.97 Å². The van der Waals surface area contributed by atoms with Gasteiger partial charge in [-0.05, 0) is 52.9 Å². The first-order chi connectivity index (χ1) is 8.56. The van der Waals surface area contributed by atoms with Crippen LogP contribution in [0.4, 0.5) is 11.4 Å². The van der Waals surface area contributed by atoms with Crippen molar-refractivity contribution < 1.29 is 9.90 Å². The van der Waals surface area contributed by atoms with Crippen molar-refractivity contribution in [3.63, 3.8) is 0 Å². The zero-order valence-electron chi connectivity index (χ0n) is 9.02. The minimum Gasteiger partial charge on any atom is -0.477 e. The molecule has 6 heteroatoms. The summed E-state index contributed by atoms with van der Waals surface area (Å²) in [5.41, 5.74) is 1.64. The standard InChI is InChI=1S/C12H8ClIN2O2/c13-7-1-3-10(9(14)5-7)16-8-2-4-11(12(17)18)15-6-8/h1-6,16H,(H,17,18). The lowest BCUT2D eigenvalue weighted by Gasteiger charge is -2.08. The second-order valence-electron chi connectivity index (χ2n) is 3.49. The van der Waals surface area contributed by atoms with Gasteiger partial charge in [-0.15, -0.1) is 0 Å². The number of nitrogens with one attached hydrogen (secondary N) is 1. The summed E-state index contributed by atoms with van der Waals surface area (Å²) in [5.74, 6) is -1.04. The highest BCUT2D eigenvalue weighted by Gasteiger charge is 2.05. The van der Waals surface area contributed by atoms with E-state index in [0.29, 0.717) is 5.02 Å². The molecule has 0 aliphatic rings. The Hall–Kier alpha value is -1.34. The summed E-state index contributed by atoms with van der Waals surface area (Å²) in [7, 11) is 0. The van der Waals surface area contributed by atoms with E-state index in [2.05, 4.69) is 32.9 Å². The number of pyridine rings is 1. The molecule has 18 heavy (non-hydrogen) atoms. The average molecular weight is 375 g/mol. The zero-order valence-corrected chi connectivity index (χ0v) is 11.9. The molecule has 1 aromatic heterocycles. The minimum atomic E-state index is -1.04. The first kappa shape index (κ1) is 13.1. The Morgan fingerprint density at radius 3 is 2.67 bits per heavy atom. The molecule has 0 fully saturated rings. The van der Waals surface area contributed by atoms with Gasteiger partial charge in [0.15, 0.2) is 0 Å². The van der Waals surface area contributed by atoms with Gasteiger partial charge in [-0.3, -0.25) is 0 Å². The molecule has 0 aliphatic carbocycles. The second-order valence-corrected chi connectivity index (χ2v) is 5.09. The Balaban J connectivity index is 2.21. The van der Waals surface area contributed by atoms with Crippen LogP contribution in [0.25, 0.3) is 0 Å². The van der Waals surface area contributed by atoms with E-state index in [0.717, 1.165) is 14.9 Å². The van der Waals surface area contributed by atoms with Gasteiger partial charge in [-0.25, -0.2) is 9.78 Å². The van der Waals surface area contributed by atoms with Crippen LogP contribution in [0.3, 0.4) is 0 Å². The summed E-state index contributed by atoms with van der Waals surface area (Å²) in [6, 6.07) is 8.60. The van der Waals surface area contributed by atoms with Crippen LogP contribution in [0.15, 0.2) is 36.5 Å². The Kier molecular flexibility index (Phi) is 4.03. The van der Waals surface area contributed by atoms with Gasteiger partial charge in [0.05, 0.1) is 17.6 Å². The van der Waals surface area contributed by atoms with Crippen LogP contribution in [-0.4, -0.2) is 16.1 Å². The summed E-state index contributed by atoms with van der Waals surface area (Å²) in [4.78, 5) is 14.5. The number of benzene rings is 1. The fourth-order valence-corrected chi connectivity index (χ4v) is 2.35. The summed E-state index contributed by atoms with van der Waals surface area (Å²) in [6.45, 7) is 0. The third kappa shape index (κ3) is 3.11. The van der Waals surface area contributed by atoms with E-state index in [-0.39, 0.29) is 5.69 Å². The van der Waals surface area contributed by atoms with Gasteiger partial charge >= 0.3 is 5.97 Å². The minimum absolute atomic E-state index is 0.0198. The van der Waals surface area contributed by atoms with E-state index in [1.54, 1.807) is 12.1 Å². The van der Waals surface area contributed by atoms with Crippen LogP contribution in [0, 0.1) is 3.57 Å². The van der Waals surface area contributed by atoms with Crippen molar-refractivity contribution in [1.29, 1.82) is 0 Å². The van der Waals surface area contributed by atoms with E-state index in [9.17, 15) is 4.79 Å². The number of aromatic carboxylic acids is 1. The summed E-state index contributed by atoms with van der Waals surface area (Å²) < 4.78 is 0.974. The smallest absolute Gasteiger partial charge is 0.354 e. The van der Waals surface area contributed by atoms with Crippen LogP contribution in [-0.2, 0) is 0 Å². The molecule has 2 N–H and O–H groups in total. The summed E-state index contributed by atoms with van der Waals surface area (Å²) in [6.07, 6.45) is 1.48. The third-order valence-electron chi connectivity index (χ3n) is 2.19. The molecule has 4 nitrogen and oxygen atoms in total. The highest BCUT2D eigenvalue weighted by atomic mass is 127. The molecule has 0 spiro atoms. The Morgan fingerprint density at radius 1 is 1.33 bits per heavy atom. The number of halogens is 2. The number of carboxylic acids is 1. The highest BCUT2D eigenvalue weighted by molar-refractivity contribution is 14.1. The monoisotopic (exact) mass is 374 g/mol. The van der Waals surface area contributed by atoms with Gasteiger partial charge < -0.3 is 10.4 Å². The maximum Gasteiger partial charge on any atom is 0.354 e. The van der Waals surface area contributed by atoms with Gasteiger partial charge in [-0.1, -0.05) is 11.6 Å². The number of rotatable bonds is 3. The Labute approximate surface area is 122 Å². The fraction of sp³-hybridized carbons (Fsp3) is 0. The molecule has 0 atom stereocenters. The van der Waals surface area contributed by atoms with Crippen molar-refractivity contribution in [2.24, 2.45) is 0 Å². The normalized spacial score (nSPS) is 10.1. The number of hydrogen-bond acceptors (Lipinski definition) is 3. The largest absolute Gasteiger partial charge is 0.477 e. The Morgan fingerprint density at radius 2 is 2.11 bits per heavy atom. The van der Waals surface area contributed by atoms with E-state index in [1.807, 2.05) is 12.1 Å². The Bertz CT molecular complexity index is 587. The number of aromatic nitrogens is 1. The predicted octanol–water partition coefficient (Wildman–Crippen LogP) is 3.78. The molecule has 1 aromatic carbocycles. The number of carbonyl (C=O) groups is 1. The van der Waals surface area contributed by atoms with Crippen molar-refractivity contribution in [2.75, 3.05) is 5.32 Å². The zero-order chi connectivity index (χ0) is 13.1. The van der Waals surface area contributed by atoms with Gasteiger partial charge in [0.1, 0.15) is 5.69 Å². The van der Waals surface area contributed by atoms with E-state index in [1.165, 1.54) is 12.3 Å². The molecule has 0 amide bonds. The average Bonchev–Trinajstić information content (AvgIpc) is 2.33. The first-order valence-corrected chi connectivity index (χ1v) is 6.43. The maximum atomic E-state index is 10.7. The lowest BCUT2D eigenvalue weighted by molar-refractivity contribution is 0.0690. The number of hydrogen-bond donors (Lipinski definition) is 2. The molecule has 0 aliphatic heterocycles. The fourth-order valence-electron chi connectivity index (χ4n) is 1.34. The van der Waals surface area contributed by atoms with Crippen LogP contribution in [0.5, 0.6) is 0 Å². The van der Waals surface area contributed by atoms with Crippen LogP contribution in [0.2, 0.25) is 5.02 Å². The number of anilines is 2. The molecular formula is C12H8ClIN2O2. The topological polar surface area (TPSA) is 62.2 Å². The van der Waals surface area contributed by atoms with Crippen molar-refractivity contribution in [3.8, 4) is 0 Å². The lowest BCUT2D eigenvalue weighted by Crippen LogP contribution is -2.00. The van der Waals surface area contributed by atoms with Crippen molar-refractivity contribution in [2.45, 2.75) is 0 Å². The van der Waals surface area contributed by atoms with Crippen molar-refractivity contribution in [3.05, 3.63) is 50.8 Å². The molecule has 2 aromatic rings. The van der Waals surface area contributed by atoms with Crippen molar-refractivity contribution in [1.82, 2.24) is 4.98 Å². The molecule has 0 bridgehead atoms. The van der Waals surface area contributed by atoms with E-state index >= 15 is 0 Å². The molecule has 0 radical (unpaired) electrons. The van der Waals surface area contributed by atoms with Crippen LogP contribution in [0.1, 0.15) is 10.5 Å². The molecule has 92 valence electrons. The lowest BCUT2D eigenvalue weighted by atomic mass is 10.3. The molecular weight excluding hydrogens is 367 g/mol. The molecule has 0 saturated heterocycles. The number of nitrogens with zero attached hydrogens (tertiary/aromatic N) is 1. The summed E-state index contributed by atoms with van der Waals surface area (Å²) >= 11 is 8.03. The maximum absolute atomic E-state index is 10.7. The summed E-state index contributed by atoms with van der Waals surface area (Å²) in [5, 5.41) is 12.6. The first-order valence-electron chi connectivity index (χ1n) is 4.97. The van der Waals surface area contributed by atoms with Crippen molar-refractivity contribution >= 4 is 51.5 Å². The molecule has 0 unspecified atom stereocenters. The van der Waals surface area contributed by atoms with Gasteiger partial charge in [0, 0.05) is 8.59 Å². The third-order valence-corrected chi connectivity index (χ3v) is 3.32. The highest BCUT2D eigenvalue weighted by Crippen LogP contribution is 2.25. The van der Waals surface area contributed by atoms with E-state index in [4.69, 9.17) is 16.7 Å². The van der Waals surface area contributed by atoms with Gasteiger partial charge in [-0.2, -0.15) is 0 Å². The van der Waals surface area contributed by atoms with Crippen LogP contribution < -0.4 is 5.32 Å².